The van der Waals surface area contributed by atoms with Crippen LogP contribution in [0.3, 0.4) is 0 Å². The minimum Gasteiger partial charge on any atom is -0.207 e. The quantitative estimate of drug-likeness (QED) is 0.411. The van der Waals surface area contributed by atoms with E-state index < -0.39 is 17.6 Å². The molecule has 0 spiro atoms. The summed E-state index contributed by atoms with van der Waals surface area (Å²) in [5.74, 6) is -0.989. The lowest BCUT2D eigenvalue weighted by atomic mass is 9.99. The smallest absolute Gasteiger partial charge is 0.207 e. The Hall–Kier alpha value is -0.970. The van der Waals surface area contributed by atoms with E-state index in [2.05, 4.69) is 0 Å². The van der Waals surface area contributed by atoms with E-state index in [4.69, 9.17) is 34.8 Å². The summed E-state index contributed by atoms with van der Waals surface area (Å²) in [4.78, 5) is 0. The second kappa shape index (κ2) is 5.43. The minimum absolute atomic E-state index is 0.0355. The van der Waals surface area contributed by atoms with Crippen LogP contribution in [0.1, 0.15) is 5.56 Å². The Morgan fingerprint density at radius 3 is 2.00 bits per heavy atom. The van der Waals surface area contributed by atoms with Gasteiger partial charge in [-0.05, 0) is 23.8 Å². The fourth-order valence-corrected chi connectivity index (χ4v) is 2.36. The molecule has 0 fully saturated rings. The monoisotopic (exact) mass is 342 g/mol. The highest BCUT2D eigenvalue weighted by molar-refractivity contribution is 6.49. The summed E-state index contributed by atoms with van der Waals surface area (Å²) < 4.78 is 51.9. The molecule has 0 aliphatic heterocycles. The van der Waals surface area contributed by atoms with E-state index in [0.29, 0.717) is 6.07 Å². The number of rotatable bonds is 1. The molecule has 2 aromatic carbocycles. The fourth-order valence-electron chi connectivity index (χ4n) is 1.72. The number of hydrogen-bond donors (Lipinski definition) is 0. The summed E-state index contributed by atoms with van der Waals surface area (Å²) in [6.45, 7) is 0. The maximum atomic E-state index is 13.1. The summed E-state index contributed by atoms with van der Waals surface area (Å²) in [6.07, 6.45) is -4.72. The van der Waals surface area contributed by atoms with E-state index in [1.54, 1.807) is 0 Å². The molecule has 0 bridgehead atoms. The maximum absolute atomic E-state index is 13.1. The summed E-state index contributed by atoms with van der Waals surface area (Å²) in [5.41, 5.74) is -1.35. The van der Waals surface area contributed by atoms with Gasteiger partial charge in [0.15, 0.2) is 0 Å². The molecule has 0 nitrogen and oxygen atoms in total. The van der Waals surface area contributed by atoms with Gasteiger partial charge in [0.2, 0.25) is 0 Å². The largest absolute Gasteiger partial charge is 0.417 e. The first-order chi connectivity index (χ1) is 9.21. The number of halogens is 7. The highest BCUT2D eigenvalue weighted by Crippen LogP contribution is 2.43. The van der Waals surface area contributed by atoms with Gasteiger partial charge < -0.3 is 0 Å². The first kappa shape index (κ1) is 15.4. The van der Waals surface area contributed by atoms with Crippen LogP contribution in [0.2, 0.25) is 15.1 Å². The molecule has 0 N–H and O–H groups in total. The molecule has 0 aliphatic carbocycles. The van der Waals surface area contributed by atoms with Gasteiger partial charge in [0.05, 0.1) is 20.6 Å². The molecule has 0 unspecified atom stereocenters. The first-order valence-corrected chi connectivity index (χ1v) is 6.36. The van der Waals surface area contributed by atoms with Gasteiger partial charge >= 0.3 is 6.18 Å². The number of hydrogen-bond acceptors (Lipinski definition) is 0. The molecular weight excluding hydrogens is 338 g/mol. The average molecular weight is 344 g/mol. The molecule has 2 aromatic rings. The van der Waals surface area contributed by atoms with Crippen molar-refractivity contribution in [3.05, 3.63) is 56.8 Å². The molecule has 0 amide bonds. The molecular formula is C13H5Cl3F4. The highest BCUT2D eigenvalue weighted by Gasteiger charge is 2.34. The Kier molecular flexibility index (Phi) is 4.19. The normalized spacial score (nSPS) is 11.8. The summed E-state index contributed by atoms with van der Waals surface area (Å²) in [6, 6.07) is 4.97. The Morgan fingerprint density at radius 1 is 0.800 bits per heavy atom. The zero-order valence-electron chi connectivity index (χ0n) is 9.53. The maximum Gasteiger partial charge on any atom is 0.417 e. The van der Waals surface area contributed by atoms with Crippen molar-refractivity contribution in [1.29, 1.82) is 0 Å². The molecule has 20 heavy (non-hydrogen) atoms. The number of alkyl halides is 3. The molecule has 0 aromatic heterocycles. The van der Waals surface area contributed by atoms with E-state index >= 15 is 0 Å². The van der Waals surface area contributed by atoms with Crippen LogP contribution < -0.4 is 0 Å². The molecule has 0 saturated carbocycles. The van der Waals surface area contributed by atoms with Gasteiger partial charge in [-0.2, -0.15) is 13.2 Å². The van der Waals surface area contributed by atoms with Crippen molar-refractivity contribution < 1.29 is 17.6 Å². The first-order valence-electron chi connectivity index (χ1n) is 5.22. The lowest BCUT2D eigenvalue weighted by Gasteiger charge is -2.15. The van der Waals surface area contributed by atoms with Gasteiger partial charge in [-0.25, -0.2) is 4.39 Å². The molecule has 7 heteroatoms. The predicted octanol–water partition coefficient (Wildman–Crippen LogP) is 6.47. The molecule has 0 saturated heterocycles. The van der Waals surface area contributed by atoms with Gasteiger partial charge in [-0.1, -0.05) is 46.9 Å². The van der Waals surface area contributed by atoms with E-state index in [1.807, 2.05) is 0 Å². The van der Waals surface area contributed by atoms with Gasteiger partial charge in [0.1, 0.15) is 5.82 Å². The molecule has 2 rings (SSSR count). The third-order valence-electron chi connectivity index (χ3n) is 2.61. The second-order valence-electron chi connectivity index (χ2n) is 3.91. The minimum atomic E-state index is -4.72. The van der Waals surface area contributed by atoms with Crippen LogP contribution in [0, 0.1) is 5.82 Å². The second-order valence-corrected chi connectivity index (χ2v) is 5.07. The molecule has 106 valence electrons. The van der Waals surface area contributed by atoms with Crippen molar-refractivity contribution in [2.24, 2.45) is 0 Å². The van der Waals surface area contributed by atoms with Crippen LogP contribution in [-0.4, -0.2) is 0 Å². The molecule has 0 heterocycles. The lowest BCUT2D eigenvalue weighted by molar-refractivity contribution is -0.137. The zero-order valence-corrected chi connectivity index (χ0v) is 11.8. The van der Waals surface area contributed by atoms with Crippen molar-refractivity contribution in [2.75, 3.05) is 0 Å². The predicted molar refractivity (Wildman–Crippen MR) is 71.9 cm³/mol. The number of benzene rings is 2. The van der Waals surface area contributed by atoms with Gasteiger partial charge in [-0.15, -0.1) is 0 Å². The van der Waals surface area contributed by atoms with Crippen LogP contribution in [0.25, 0.3) is 11.1 Å². The topological polar surface area (TPSA) is 0 Å². The SMILES string of the molecule is Fc1ccc(-c2ccc(Cl)c(Cl)c2Cl)c(C(F)(F)F)c1. The Bertz CT molecular complexity index is 665. The van der Waals surface area contributed by atoms with Crippen molar-refractivity contribution in [3.8, 4) is 11.1 Å². The molecule has 0 radical (unpaired) electrons. The van der Waals surface area contributed by atoms with Crippen LogP contribution in [0.15, 0.2) is 30.3 Å². The van der Waals surface area contributed by atoms with E-state index in [9.17, 15) is 17.6 Å². The van der Waals surface area contributed by atoms with E-state index in [1.165, 1.54) is 12.1 Å². The summed E-state index contributed by atoms with van der Waals surface area (Å²) >= 11 is 17.5. The van der Waals surface area contributed by atoms with Gasteiger partial charge in [0, 0.05) is 5.56 Å². The lowest BCUT2D eigenvalue weighted by Crippen LogP contribution is -2.08. The van der Waals surface area contributed by atoms with Crippen LogP contribution >= 0.6 is 34.8 Å². The van der Waals surface area contributed by atoms with Gasteiger partial charge in [-0.3, -0.25) is 0 Å². The van der Waals surface area contributed by atoms with Crippen molar-refractivity contribution in [3.63, 3.8) is 0 Å². The summed E-state index contributed by atoms with van der Waals surface area (Å²) in [7, 11) is 0. The Morgan fingerprint density at radius 2 is 1.40 bits per heavy atom. The third-order valence-corrected chi connectivity index (χ3v) is 3.91. The Labute approximate surface area is 126 Å². The van der Waals surface area contributed by atoms with Crippen molar-refractivity contribution in [2.45, 2.75) is 6.18 Å². The van der Waals surface area contributed by atoms with Crippen LogP contribution in [0.4, 0.5) is 17.6 Å². The fraction of sp³-hybridized carbons (Fsp3) is 0.0769. The van der Waals surface area contributed by atoms with Crippen LogP contribution in [-0.2, 0) is 6.18 Å². The highest BCUT2D eigenvalue weighted by atomic mass is 35.5. The molecule has 0 atom stereocenters. The van der Waals surface area contributed by atoms with Crippen LogP contribution in [0.5, 0.6) is 0 Å². The zero-order chi connectivity index (χ0) is 15.1. The Balaban J connectivity index is 2.74. The van der Waals surface area contributed by atoms with E-state index in [0.717, 1.165) is 12.1 Å². The molecule has 0 aliphatic rings. The van der Waals surface area contributed by atoms with Crippen molar-refractivity contribution in [1.82, 2.24) is 0 Å². The standard InChI is InChI=1S/C13H5Cl3F4/c14-10-4-3-8(11(15)12(10)16)7-2-1-6(17)5-9(7)13(18,19)20/h1-5H. The third kappa shape index (κ3) is 2.87. The summed E-state index contributed by atoms with van der Waals surface area (Å²) in [5, 5.41) is -0.0457. The van der Waals surface area contributed by atoms with E-state index in [-0.39, 0.29) is 26.2 Å². The average Bonchev–Trinajstić information content (AvgIpc) is 2.36. The van der Waals surface area contributed by atoms with Gasteiger partial charge in [0.25, 0.3) is 0 Å². The van der Waals surface area contributed by atoms with Crippen molar-refractivity contribution >= 4 is 34.8 Å².